The predicted octanol–water partition coefficient (Wildman–Crippen LogP) is 5.79. The number of amides is 1. The van der Waals surface area contributed by atoms with E-state index in [1.165, 1.54) is 5.56 Å². The first-order valence-corrected chi connectivity index (χ1v) is 10.3. The lowest BCUT2D eigenvalue weighted by molar-refractivity contribution is -0.118. The summed E-state index contributed by atoms with van der Waals surface area (Å²) in [6, 6.07) is 23.4. The second-order valence-corrected chi connectivity index (χ2v) is 7.56. The molecule has 1 amide bonds. The van der Waals surface area contributed by atoms with E-state index in [1.807, 2.05) is 67.6 Å². The van der Waals surface area contributed by atoms with Gasteiger partial charge in [0, 0.05) is 10.2 Å². The van der Waals surface area contributed by atoms with Crippen LogP contribution >= 0.6 is 15.9 Å². The molecule has 3 aromatic rings. The van der Waals surface area contributed by atoms with E-state index in [4.69, 9.17) is 9.47 Å². The Hall–Kier alpha value is -2.79. The van der Waals surface area contributed by atoms with E-state index < -0.39 is 0 Å². The zero-order valence-corrected chi connectivity index (χ0v) is 17.9. The Morgan fingerprint density at radius 1 is 0.931 bits per heavy atom. The molecule has 3 rings (SSSR count). The van der Waals surface area contributed by atoms with Crippen LogP contribution in [0.3, 0.4) is 0 Å². The van der Waals surface area contributed by atoms with Crippen molar-refractivity contribution >= 4 is 27.5 Å². The maximum Gasteiger partial charge on any atom is 0.262 e. The number of hydrogen-bond acceptors (Lipinski definition) is 3. The molecule has 0 radical (unpaired) electrons. The monoisotopic (exact) mass is 453 g/mol. The average Bonchev–Trinajstić information content (AvgIpc) is 2.74. The predicted molar refractivity (Wildman–Crippen MR) is 120 cm³/mol. The van der Waals surface area contributed by atoms with Crippen molar-refractivity contribution in [2.24, 2.45) is 0 Å². The quantitative estimate of drug-likeness (QED) is 0.417. The Morgan fingerprint density at radius 3 is 2.38 bits per heavy atom. The van der Waals surface area contributed by atoms with E-state index in [0.29, 0.717) is 18.0 Å². The largest absolute Gasteiger partial charge is 0.494 e. The van der Waals surface area contributed by atoms with Crippen LogP contribution < -0.4 is 14.8 Å². The highest BCUT2D eigenvalue weighted by molar-refractivity contribution is 9.10. The highest BCUT2D eigenvalue weighted by Gasteiger charge is 2.05. The smallest absolute Gasteiger partial charge is 0.262 e. The number of ether oxygens (including phenoxy) is 2. The van der Waals surface area contributed by atoms with Crippen molar-refractivity contribution in [2.75, 3.05) is 18.5 Å². The van der Waals surface area contributed by atoms with Gasteiger partial charge in [0.2, 0.25) is 0 Å². The summed E-state index contributed by atoms with van der Waals surface area (Å²) >= 11 is 3.44. The minimum atomic E-state index is -0.206. The van der Waals surface area contributed by atoms with E-state index in [-0.39, 0.29) is 12.5 Å². The molecular formula is C24H24BrNO3. The summed E-state index contributed by atoms with van der Waals surface area (Å²) in [5.74, 6) is 1.25. The Kier molecular flexibility index (Phi) is 7.70. The molecule has 0 aliphatic carbocycles. The third-order valence-corrected chi connectivity index (χ3v) is 5.25. The number of nitrogens with one attached hydrogen (secondary N) is 1. The zero-order chi connectivity index (χ0) is 20.5. The number of aryl methyl sites for hydroxylation is 2. The molecule has 0 aromatic heterocycles. The molecule has 3 aromatic carbocycles. The van der Waals surface area contributed by atoms with Crippen molar-refractivity contribution < 1.29 is 14.3 Å². The van der Waals surface area contributed by atoms with Gasteiger partial charge in [-0.25, -0.2) is 0 Å². The SMILES string of the molecule is Cc1cc(OCC(=O)Nc2ccc(OCCCc3ccccc3)cc2)ccc1Br. The van der Waals surface area contributed by atoms with Gasteiger partial charge < -0.3 is 14.8 Å². The minimum Gasteiger partial charge on any atom is -0.494 e. The molecular weight excluding hydrogens is 430 g/mol. The normalized spacial score (nSPS) is 10.4. The molecule has 0 fully saturated rings. The Labute approximate surface area is 180 Å². The number of rotatable bonds is 9. The topological polar surface area (TPSA) is 47.6 Å². The maximum atomic E-state index is 12.1. The number of carbonyl (C=O) groups is 1. The van der Waals surface area contributed by atoms with Crippen LogP contribution in [0.25, 0.3) is 0 Å². The summed E-state index contributed by atoms with van der Waals surface area (Å²) in [6.45, 7) is 2.59. The lowest BCUT2D eigenvalue weighted by Gasteiger charge is -2.10. The van der Waals surface area contributed by atoms with Gasteiger partial charge in [-0.05, 0) is 73.4 Å². The first-order chi connectivity index (χ1) is 14.1. The number of carbonyl (C=O) groups excluding carboxylic acids is 1. The number of halogens is 1. The van der Waals surface area contributed by atoms with E-state index in [9.17, 15) is 4.79 Å². The van der Waals surface area contributed by atoms with Crippen molar-refractivity contribution in [1.29, 1.82) is 0 Å². The first-order valence-electron chi connectivity index (χ1n) is 9.56. The van der Waals surface area contributed by atoms with Crippen LogP contribution in [0.5, 0.6) is 11.5 Å². The van der Waals surface area contributed by atoms with E-state index >= 15 is 0 Å². The summed E-state index contributed by atoms with van der Waals surface area (Å²) in [5, 5.41) is 2.83. The van der Waals surface area contributed by atoms with Gasteiger partial charge in [-0.2, -0.15) is 0 Å². The third kappa shape index (κ3) is 6.95. The van der Waals surface area contributed by atoms with Crippen molar-refractivity contribution in [3.05, 3.63) is 88.4 Å². The molecule has 0 heterocycles. The van der Waals surface area contributed by atoms with Crippen LogP contribution in [0, 0.1) is 6.92 Å². The molecule has 0 bridgehead atoms. The molecule has 0 aliphatic heterocycles. The lowest BCUT2D eigenvalue weighted by Crippen LogP contribution is -2.20. The Morgan fingerprint density at radius 2 is 1.66 bits per heavy atom. The number of anilines is 1. The zero-order valence-electron chi connectivity index (χ0n) is 16.4. The summed E-state index contributed by atoms with van der Waals surface area (Å²) in [5.41, 5.74) is 3.08. The number of hydrogen-bond donors (Lipinski definition) is 1. The first kappa shape index (κ1) is 20.9. The van der Waals surface area contributed by atoms with Gasteiger partial charge in [0.05, 0.1) is 6.61 Å². The average molecular weight is 454 g/mol. The fraction of sp³-hybridized carbons (Fsp3) is 0.208. The molecule has 0 unspecified atom stereocenters. The van der Waals surface area contributed by atoms with Gasteiger partial charge in [0.15, 0.2) is 6.61 Å². The van der Waals surface area contributed by atoms with Crippen molar-refractivity contribution in [3.8, 4) is 11.5 Å². The fourth-order valence-corrected chi connectivity index (χ4v) is 3.05. The van der Waals surface area contributed by atoms with E-state index in [2.05, 4.69) is 33.4 Å². The van der Waals surface area contributed by atoms with Gasteiger partial charge in [0.1, 0.15) is 11.5 Å². The van der Waals surface area contributed by atoms with E-state index in [0.717, 1.165) is 28.6 Å². The van der Waals surface area contributed by atoms with Crippen LogP contribution in [0.1, 0.15) is 17.5 Å². The van der Waals surface area contributed by atoms with Gasteiger partial charge in [-0.3, -0.25) is 4.79 Å². The van der Waals surface area contributed by atoms with Gasteiger partial charge in [-0.1, -0.05) is 46.3 Å². The highest BCUT2D eigenvalue weighted by Crippen LogP contribution is 2.21. The molecule has 1 N–H and O–H groups in total. The summed E-state index contributed by atoms with van der Waals surface area (Å²) in [4.78, 5) is 12.1. The third-order valence-electron chi connectivity index (χ3n) is 4.36. The highest BCUT2D eigenvalue weighted by atomic mass is 79.9. The summed E-state index contributed by atoms with van der Waals surface area (Å²) in [7, 11) is 0. The summed E-state index contributed by atoms with van der Waals surface area (Å²) in [6.07, 6.45) is 1.95. The van der Waals surface area contributed by atoms with Gasteiger partial charge in [0.25, 0.3) is 5.91 Å². The molecule has 0 spiro atoms. The Balaban J connectivity index is 1.39. The maximum absolute atomic E-state index is 12.1. The minimum absolute atomic E-state index is 0.0428. The molecule has 5 heteroatoms. The van der Waals surface area contributed by atoms with Crippen molar-refractivity contribution in [1.82, 2.24) is 0 Å². The van der Waals surface area contributed by atoms with Crippen molar-refractivity contribution in [2.45, 2.75) is 19.8 Å². The molecule has 4 nitrogen and oxygen atoms in total. The van der Waals surface area contributed by atoms with Crippen LogP contribution in [-0.2, 0) is 11.2 Å². The molecule has 0 saturated heterocycles. The van der Waals surface area contributed by atoms with Gasteiger partial charge in [-0.15, -0.1) is 0 Å². The second-order valence-electron chi connectivity index (χ2n) is 6.71. The van der Waals surface area contributed by atoms with Gasteiger partial charge >= 0.3 is 0 Å². The molecule has 0 aliphatic rings. The standard InChI is InChI=1S/C24H24BrNO3/c1-18-16-22(13-14-23(18)25)29-17-24(27)26-20-9-11-21(12-10-20)28-15-5-8-19-6-3-2-4-7-19/h2-4,6-7,9-14,16H,5,8,15,17H2,1H3,(H,26,27). The number of benzene rings is 3. The molecule has 150 valence electrons. The molecule has 0 atom stereocenters. The van der Waals surface area contributed by atoms with Crippen LogP contribution in [0.2, 0.25) is 0 Å². The molecule has 29 heavy (non-hydrogen) atoms. The molecule has 0 saturated carbocycles. The van der Waals surface area contributed by atoms with E-state index in [1.54, 1.807) is 0 Å². The second kappa shape index (κ2) is 10.7. The van der Waals surface area contributed by atoms with Crippen molar-refractivity contribution in [3.63, 3.8) is 0 Å². The van der Waals surface area contributed by atoms with Crippen LogP contribution in [-0.4, -0.2) is 19.1 Å². The van der Waals surface area contributed by atoms with Crippen LogP contribution in [0.15, 0.2) is 77.3 Å². The summed E-state index contributed by atoms with van der Waals surface area (Å²) < 4.78 is 12.3. The Bertz CT molecular complexity index is 927. The van der Waals surface area contributed by atoms with Crippen LogP contribution in [0.4, 0.5) is 5.69 Å². The lowest BCUT2D eigenvalue weighted by atomic mass is 10.1. The fourth-order valence-electron chi connectivity index (χ4n) is 2.80.